The molecule has 0 aliphatic carbocycles. The Morgan fingerprint density at radius 1 is 1.28 bits per heavy atom. The van der Waals surface area contributed by atoms with Crippen molar-refractivity contribution in [2.45, 2.75) is 11.5 Å². The number of anilines is 1. The number of carbonyl (C=O) groups excluding carboxylic acids is 1. The molecule has 0 unspecified atom stereocenters. The van der Waals surface area contributed by atoms with E-state index < -0.39 is 15.9 Å². The number of fused-ring (bicyclic) bond motifs is 1. The van der Waals surface area contributed by atoms with Gasteiger partial charge in [-0.3, -0.25) is 4.79 Å². The van der Waals surface area contributed by atoms with E-state index in [1.54, 1.807) is 6.07 Å². The molecule has 9 heteroatoms. The van der Waals surface area contributed by atoms with Crippen molar-refractivity contribution in [2.24, 2.45) is 5.73 Å². The number of benzene rings is 2. The first-order valence-corrected chi connectivity index (χ1v) is 9.03. The van der Waals surface area contributed by atoms with Crippen LogP contribution in [0.3, 0.4) is 0 Å². The molecule has 0 fully saturated rings. The number of rotatable bonds is 4. The average Bonchev–Trinajstić information content (AvgIpc) is 2.60. The van der Waals surface area contributed by atoms with E-state index in [-0.39, 0.29) is 34.6 Å². The summed E-state index contributed by atoms with van der Waals surface area (Å²) in [6.45, 7) is 0.0281. The van der Waals surface area contributed by atoms with Crippen LogP contribution in [0.25, 0.3) is 0 Å². The van der Waals surface area contributed by atoms with Crippen molar-refractivity contribution in [3.05, 3.63) is 52.5 Å². The zero-order valence-electron chi connectivity index (χ0n) is 13.2. The molecule has 2 aromatic rings. The van der Waals surface area contributed by atoms with Crippen molar-refractivity contribution < 1.29 is 22.7 Å². The Labute approximate surface area is 149 Å². The molecule has 0 aromatic heterocycles. The summed E-state index contributed by atoms with van der Waals surface area (Å²) >= 11 is 5.95. The van der Waals surface area contributed by atoms with Gasteiger partial charge < -0.3 is 15.2 Å². The largest absolute Gasteiger partial charge is 0.495 e. The lowest BCUT2D eigenvalue weighted by molar-refractivity contribution is 0.0999. The Kier molecular flexibility index (Phi) is 4.59. The van der Waals surface area contributed by atoms with Crippen LogP contribution in [0.1, 0.15) is 15.9 Å². The third-order valence-electron chi connectivity index (χ3n) is 3.80. The standard InChI is InChI=1S/C16H15ClN2O5S/c1-23-14-5-4-12(17)7-15(14)25(21,22)19-9-24-8-11-3-2-10(16(18)20)6-13(11)19/h2-7H,8-9H2,1H3,(H2,18,20). The van der Waals surface area contributed by atoms with Gasteiger partial charge >= 0.3 is 0 Å². The van der Waals surface area contributed by atoms with Gasteiger partial charge in [-0.15, -0.1) is 0 Å². The highest BCUT2D eigenvalue weighted by atomic mass is 35.5. The lowest BCUT2D eigenvalue weighted by atomic mass is 10.1. The maximum atomic E-state index is 13.2. The third kappa shape index (κ3) is 3.15. The molecule has 25 heavy (non-hydrogen) atoms. The van der Waals surface area contributed by atoms with Crippen molar-refractivity contribution in [1.82, 2.24) is 0 Å². The summed E-state index contributed by atoms with van der Waals surface area (Å²) in [5.74, 6) is -0.491. The monoisotopic (exact) mass is 382 g/mol. The molecule has 0 spiro atoms. The van der Waals surface area contributed by atoms with E-state index in [1.807, 2.05) is 0 Å². The fraction of sp³-hybridized carbons (Fsp3) is 0.188. The number of amides is 1. The Bertz CT molecular complexity index is 946. The predicted octanol–water partition coefficient (Wildman–Crippen LogP) is 2.13. The molecule has 1 heterocycles. The van der Waals surface area contributed by atoms with Crippen molar-refractivity contribution >= 4 is 33.2 Å². The van der Waals surface area contributed by atoms with Gasteiger partial charge in [-0.25, -0.2) is 12.7 Å². The molecular weight excluding hydrogens is 368 g/mol. The number of hydrogen-bond acceptors (Lipinski definition) is 5. The summed E-state index contributed by atoms with van der Waals surface area (Å²) in [4.78, 5) is 11.3. The molecule has 3 rings (SSSR count). The fourth-order valence-electron chi connectivity index (χ4n) is 2.55. The highest BCUT2D eigenvalue weighted by molar-refractivity contribution is 7.93. The Morgan fingerprint density at radius 2 is 2.04 bits per heavy atom. The van der Waals surface area contributed by atoms with Gasteiger partial charge in [-0.05, 0) is 30.3 Å². The molecule has 2 aromatic carbocycles. The van der Waals surface area contributed by atoms with Crippen molar-refractivity contribution in [2.75, 3.05) is 18.1 Å². The summed E-state index contributed by atoms with van der Waals surface area (Å²) in [5.41, 5.74) is 6.47. The minimum Gasteiger partial charge on any atom is -0.495 e. The number of halogens is 1. The van der Waals surface area contributed by atoms with Gasteiger partial charge in [0.15, 0.2) is 0 Å². The van der Waals surface area contributed by atoms with Crippen molar-refractivity contribution in [3.8, 4) is 5.75 Å². The second-order valence-electron chi connectivity index (χ2n) is 5.33. The highest BCUT2D eigenvalue weighted by Gasteiger charge is 2.32. The zero-order valence-corrected chi connectivity index (χ0v) is 14.8. The number of primary amides is 1. The first kappa shape index (κ1) is 17.5. The van der Waals surface area contributed by atoms with Crippen LogP contribution in [0.2, 0.25) is 5.02 Å². The van der Waals surface area contributed by atoms with E-state index in [9.17, 15) is 13.2 Å². The maximum Gasteiger partial charge on any atom is 0.270 e. The van der Waals surface area contributed by atoms with Gasteiger partial charge in [-0.1, -0.05) is 17.7 Å². The van der Waals surface area contributed by atoms with Crippen LogP contribution < -0.4 is 14.8 Å². The third-order valence-corrected chi connectivity index (χ3v) is 5.79. The van der Waals surface area contributed by atoms with E-state index in [4.69, 9.17) is 26.8 Å². The fourth-order valence-corrected chi connectivity index (χ4v) is 4.35. The summed E-state index contributed by atoms with van der Waals surface area (Å²) < 4.78 is 37.9. The van der Waals surface area contributed by atoms with Crippen LogP contribution in [0.15, 0.2) is 41.3 Å². The molecule has 1 aliphatic heterocycles. The van der Waals surface area contributed by atoms with Gasteiger partial charge in [-0.2, -0.15) is 0 Å². The van der Waals surface area contributed by atoms with Crippen LogP contribution >= 0.6 is 11.6 Å². The lowest BCUT2D eigenvalue weighted by Crippen LogP contribution is -2.37. The van der Waals surface area contributed by atoms with Gasteiger partial charge in [0.05, 0.1) is 19.4 Å². The molecule has 0 saturated heterocycles. The van der Waals surface area contributed by atoms with E-state index in [1.165, 1.54) is 37.4 Å². The highest BCUT2D eigenvalue weighted by Crippen LogP contribution is 2.36. The first-order chi connectivity index (χ1) is 11.8. The second-order valence-corrected chi connectivity index (χ2v) is 7.60. The molecule has 132 valence electrons. The van der Waals surface area contributed by atoms with Crippen LogP contribution in [-0.4, -0.2) is 28.2 Å². The maximum absolute atomic E-state index is 13.2. The number of ether oxygens (including phenoxy) is 2. The summed E-state index contributed by atoms with van der Waals surface area (Å²) in [7, 11) is -2.67. The smallest absolute Gasteiger partial charge is 0.270 e. The minimum absolute atomic E-state index is 0.0940. The number of nitrogens with zero attached hydrogens (tertiary/aromatic N) is 1. The molecule has 0 saturated carbocycles. The zero-order chi connectivity index (χ0) is 18.2. The molecule has 7 nitrogen and oxygen atoms in total. The number of methoxy groups -OCH3 is 1. The van der Waals surface area contributed by atoms with Crippen LogP contribution in [-0.2, 0) is 21.4 Å². The molecule has 0 radical (unpaired) electrons. The van der Waals surface area contributed by atoms with Crippen molar-refractivity contribution in [3.63, 3.8) is 0 Å². The number of sulfonamides is 1. The van der Waals surface area contributed by atoms with Gasteiger partial charge in [0.2, 0.25) is 5.91 Å². The summed E-state index contributed by atoms with van der Waals surface area (Å²) in [6.07, 6.45) is 0. The van der Waals surface area contributed by atoms with E-state index in [2.05, 4.69) is 0 Å². The Balaban J connectivity index is 2.16. The first-order valence-electron chi connectivity index (χ1n) is 7.21. The van der Waals surface area contributed by atoms with Crippen LogP contribution in [0, 0.1) is 0 Å². The van der Waals surface area contributed by atoms with E-state index in [0.29, 0.717) is 11.3 Å². The Hall–Kier alpha value is -2.29. The average molecular weight is 383 g/mol. The second kappa shape index (κ2) is 6.55. The molecular formula is C16H15ClN2O5S. The number of nitrogens with two attached hydrogens (primary N) is 1. The van der Waals surface area contributed by atoms with E-state index in [0.717, 1.165) is 4.31 Å². The van der Waals surface area contributed by atoms with Gasteiger partial charge in [0.1, 0.15) is 17.4 Å². The van der Waals surface area contributed by atoms with Gasteiger partial charge in [0, 0.05) is 16.1 Å². The molecule has 1 amide bonds. The number of carbonyl (C=O) groups is 1. The normalized spacial score (nSPS) is 14.1. The summed E-state index contributed by atoms with van der Waals surface area (Å²) in [5, 5.41) is 0.253. The molecule has 1 aliphatic rings. The molecule has 0 bridgehead atoms. The summed E-state index contributed by atoms with van der Waals surface area (Å²) in [6, 6.07) is 8.90. The van der Waals surface area contributed by atoms with Crippen molar-refractivity contribution in [1.29, 1.82) is 0 Å². The lowest BCUT2D eigenvalue weighted by Gasteiger charge is -2.31. The van der Waals surface area contributed by atoms with Gasteiger partial charge in [0.25, 0.3) is 10.0 Å². The topological polar surface area (TPSA) is 98.9 Å². The number of hydrogen-bond donors (Lipinski definition) is 1. The molecule has 0 atom stereocenters. The Morgan fingerprint density at radius 3 is 2.72 bits per heavy atom. The van der Waals surface area contributed by atoms with E-state index >= 15 is 0 Å². The predicted molar refractivity (Wildman–Crippen MR) is 92.3 cm³/mol. The quantitative estimate of drug-likeness (QED) is 0.873. The molecule has 2 N–H and O–H groups in total. The SMILES string of the molecule is COc1ccc(Cl)cc1S(=O)(=O)N1COCc2ccc(C(N)=O)cc21. The van der Waals surface area contributed by atoms with Crippen LogP contribution in [0.4, 0.5) is 5.69 Å². The van der Waals surface area contributed by atoms with Crippen LogP contribution in [0.5, 0.6) is 5.75 Å². The minimum atomic E-state index is -4.04.